The number of carbonyl (C=O) groups excluding carboxylic acids is 1. The van der Waals surface area contributed by atoms with Gasteiger partial charge in [-0.05, 0) is 36.1 Å². The Morgan fingerprint density at radius 2 is 2.19 bits per heavy atom. The van der Waals surface area contributed by atoms with Gasteiger partial charge in [0.15, 0.2) is 0 Å². The molecule has 0 aliphatic heterocycles. The number of carbonyl (C=O) groups is 1. The molecular formula is C16H21FN2O2. The van der Waals surface area contributed by atoms with Gasteiger partial charge in [0.05, 0.1) is 12.5 Å². The Morgan fingerprint density at radius 1 is 1.43 bits per heavy atom. The number of aromatic nitrogens is 1. The molecule has 1 heterocycles. The van der Waals surface area contributed by atoms with Crippen LogP contribution in [0, 0.1) is 11.7 Å². The van der Waals surface area contributed by atoms with E-state index in [1.165, 1.54) is 12.1 Å². The van der Waals surface area contributed by atoms with Crippen LogP contribution in [0.1, 0.15) is 25.8 Å². The van der Waals surface area contributed by atoms with Crippen molar-refractivity contribution in [3.8, 4) is 0 Å². The lowest BCUT2D eigenvalue weighted by atomic mass is 10.1. The molecule has 1 amide bonds. The van der Waals surface area contributed by atoms with Gasteiger partial charge in [0, 0.05) is 23.6 Å². The lowest BCUT2D eigenvalue weighted by Gasteiger charge is -2.13. The Morgan fingerprint density at radius 3 is 2.90 bits per heavy atom. The summed E-state index contributed by atoms with van der Waals surface area (Å²) in [5.41, 5.74) is 1.50. The van der Waals surface area contributed by atoms with E-state index in [1.54, 1.807) is 12.3 Å². The average Bonchev–Trinajstić information content (AvgIpc) is 2.78. The van der Waals surface area contributed by atoms with Crippen molar-refractivity contribution >= 4 is 16.8 Å². The quantitative estimate of drug-likeness (QED) is 0.765. The standard InChI is InChI=1S/C16H21FN2O2/c1-10(2)5-13(20)9-19-16(21)6-11-8-18-15-7-12(17)3-4-14(11)15/h3-4,7-8,10,13,18,20H,5-6,9H2,1-2H3,(H,19,21). The van der Waals surface area contributed by atoms with E-state index in [0.29, 0.717) is 17.9 Å². The second kappa shape index (κ2) is 6.72. The van der Waals surface area contributed by atoms with Crippen LogP contribution in [0.25, 0.3) is 10.9 Å². The number of aromatic amines is 1. The van der Waals surface area contributed by atoms with Gasteiger partial charge in [0.1, 0.15) is 5.82 Å². The van der Waals surface area contributed by atoms with Gasteiger partial charge in [-0.25, -0.2) is 4.39 Å². The summed E-state index contributed by atoms with van der Waals surface area (Å²) in [7, 11) is 0. The van der Waals surface area contributed by atoms with E-state index in [1.807, 2.05) is 13.8 Å². The maximum atomic E-state index is 13.1. The highest BCUT2D eigenvalue weighted by molar-refractivity contribution is 5.88. The van der Waals surface area contributed by atoms with Gasteiger partial charge in [-0.15, -0.1) is 0 Å². The normalized spacial score (nSPS) is 12.8. The van der Waals surface area contributed by atoms with E-state index in [4.69, 9.17) is 0 Å². The van der Waals surface area contributed by atoms with Crippen LogP contribution in [0.5, 0.6) is 0 Å². The van der Waals surface area contributed by atoms with Crippen molar-refractivity contribution in [2.75, 3.05) is 6.54 Å². The summed E-state index contributed by atoms with van der Waals surface area (Å²) >= 11 is 0. The number of halogens is 1. The topological polar surface area (TPSA) is 65.1 Å². The molecule has 1 aromatic carbocycles. The summed E-state index contributed by atoms with van der Waals surface area (Å²) < 4.78 is 13.1. The maximum Gasteiger partial charge on any atom is 0.224 e. The molecule has 1 atom stereocenters. The molecule has 2 aromatic rings. The third kappa shape index (κ3) is 4.29. The van der Waals surface area contributed by atoms with Gasteiger partial charge in [-0.1, -0.05) is 13.8 Å². The molecule has 1 aromatic heterocycles. The lowest BCUT2D eigenvalue weighted by Crippen LogP contribution is -2.33. The maximum absolute atomic E-state index is 13.1. The highest BCUT2D eigenvalue weighted by Crippen LogP contribution is 2.19. The minimum absolute atomic E-state index is 0.150. The van der Waals surface area contributed by atoms with Gasteiger partial charge < -0.3 is 15.4 Å². The number of aliphatic hydroxyl groups excluding tert-OH is 1. The molecule has 2 rings (SSSR count). The summed E-state index contributed by atoms with van der Waals surface area (Å²) in [6.45, 7) is 4.31. The third-order valence-electron chi connectivity index (χ3n) is 3.36. The molecule has 0 saturated carbocycles. The molecular weight excluding hydrogens is 271 g/mol. The number of hydrogen-bond acceptors (Lipinski definition) is 2. The molecule has 4 nitrogen and oxygen atoms in total. The minimum Gasteiger partial charge on any atom is -0.391 e. The number of hydrogen-bond donors (Lipinski definition) is 3. The molecule has 5 heteroatoms. The van der Waals surface area contributed by atoms with E-state index in [2.05, 4.69) is 10.3 Å². The first-order valence-corrected chi connectivity index (χ1v) is 7.16. The van der Waals surface area contributed by atoms with Gasteiger partial charge in [-0.2, -0.15) is 0 Å². The molecule has 0 saturated heterocycles. The second-order valence-corrected chi connectivity index (χ2v) is 5.77. The number of H-pyrrole nitrogens is 1. The molecule has 3 N–H and O–H groups in total. The zero-order valence-electron chi connectivity index (χ0n) is 12.3. The number of rotatable bonds is 6. The molecule has 0 aliphatic rings. The molecule has 1 unspecified atom stereocenters. The van der Waals surface area contributed by atoms with E-state index >= 15 is 0 Å². The van der Waals surface area contributed by atoms with Crippen molar-refractivity contribution < 1.29 is 14.3 Å². The largest absolute Gasteiger partial charge is 0.391 e. The number of nitrogens with one attached hydrogen (secondary N) is 2. The van der Waals surface area contributed by atoms with Crippen molar-refractivity contribution in [2.24, 2.45) is 5.92 Å². The molecule has 0 spiro atoms. The van der Waals surface area contributed by atoms with E-state index < -0.39 is 6.10 Å². The lowest BCUT2D eigenvalue weighted by molar-refractivity contribution is -0.120. The molecule has 21 heavy (non-hydrogen) atoms. The first-order chi connectivity index (χ1) is 9.95. The number of amides is 1. The zero-order chi connectivity index (χ0) is 15.4. The monoisotopic (exact) mass is 292 g/mol. The van der Waals surface area contributed by atoms with Crippen LogP contribution in [0.3, 0.4) is 0 Å². The summed E-state index contributed by atoms with van der Waals surface area (Å²) in [5, 5.41) is 13.3. The van der Waals surface area contributed by atoms with Crippen molar-refractivity contribution in [3.05, 3.63) is 35.8 Å². The Hall–Kier alpha value is -1.88. The van der Waals surface area contributed by atoms with Crippen molar-refractivity contribution in [2.45, 2.75) is 32.8 Å². The number of fused-ring (bicyclic) bond motifs is 1. The molecule has 0 radical (unpaired) electrons. The van der Waals surface area contributed by atoms with E-state index in [-0.39, 0.29) is 24.7 Å². The van der Waals surface area contributed by atoms with Crippen LogP contribution in [0.4, 0.5) is 4.39 Å². The number of benzene rings is 1. The smallest absolute Gasteiger partial charge is 0.224 e. The predicted molar refractivity (Wildman–Crippen MR) is 80.4 cm³/mol. The van der Waals surface area contributed by atoms with Crippen LogP contribution >= 0.6 is 0 Å². The van der Waals surface area contributed by atoms with Gasteiger partial charge in [0.25, 0.3) is 0 Å². The highest BCUT2D eigenvalue weighted by Gasteiger charge is 2.12. The summed E-state index contributed by atoms with van der Waals surface area (Å²) in [5.74, 6) is -0.0689. The van der Waals surface area contributed by atoms with E-state index in [0.717, 1.165) is 10.9 Å². The molecule has 0 aliphatic carbocycles. The first-order valence-electron chi connectivity index (χ1n) is 7.16. The highest BCUT2D eigenvalue weighted by atomic mass is 19.1. The third-order valence-corrected chi connectivity index (χ3v) is 3.36. The van der Waals surface area contributed by atoms with Gasteiger partial charge in [-0.3, -0.25) is 4.79 Å². The summed E-state index contributed by atoms with van der Waals surface area (Å²) in [6, 6.07) is 4.45. The first kappa shape index (κ1) is 15.5. The second-order valence-electron chi connectivity index (χ2n) is 5.77. The fourth-order valence-electron chi connectivity index (χ4n) is 2.40. The van der Waals surface area contributed by atoms with Gasteiger partial charge >= 0.3 is 0 Å². The average molecular weight is 292 g/mol. The zero-order valence-corrected chi connectivity index (χ0v) is 12.3. The van der Waals surface area contributed by atoms with Crippen molar-refractivity contribution in [3.63, 3.8) is 0 Å². The number of aliphatic hydroxyl groups is 1. The minimum atomic E-state index is -0.522. The Bertz CT molecular complexity index is 622. The summed E-state index contributed by atoms with van der Waals surface area (Å²) in [4.78, 5) is 14.9. The Balaban J connectivity index is 1.92. The van der Waals surface area contributed by atoms with Crippen LogP contribution in [0.15, 0.2) is 24.4 Å². The van der Waals surface area contributed by atoms with Gasteiger partial charge in [0.2, 0.25) is 5.91 Å². The van der Waals surface area contributed by atoms with Crippen molar-refractivity contribution in [1.82, 2.24) is 10.3 Å². The fraction of sp³-hybridized carbons (Fsp3) is 0.438. The van der Waals surface area contributed by atoms with Crippen LogP contribution in [-0.4, -0.2) is 28.6 Å². The Labute approximate surface area is 123 Å². The molecule has 0 bridgehead atoms. The van der Waals surface area contributed by atoms with Crippen LogP contribution in [-0.2, 0) is 11.2 Å². The SMILES string of the molecule is CC(C)CC(O)CNC(=O)Cc1c[nH]c2cc(F)ccc12. The van der Waals surface area contributed by atoms with Crippen molar-refractivity contribution in [1.29, 1.82) is 0 Å². The Kier molecular flexibility index (Phi) is 4.96. The van der Waals surface area contributed by atoms with E-state index in [9.17, 15) is 14.3 Å². The van der Waals surface area contributed by atoms with Crippen LogP contribution in [0.2, 0.25) is 0 Å². The molecule has 0 fully saturated rings. The van der Waals surface area contributed by atoms with Crippen LogP contribution < -0.4 is 5.32 Å². The molecule has 114 valence electrons. The summed E-state index contributed by atoms with van der Waals surface area (Å²) in [6.07, 6.45) is 2.06. The predicted octanol–water partition coefficient (Wildman–Crippen LogP) is 2.37. The fourth-order valence-corrected chi connectivity index (χ4v) is 2.40.